The highest BCUT2D eigenvalue weighted by Crippen LogP contribution is 2.39. The molecule has 0 aliphatic heterocycles. The standard InChI is InChI=1S/C13H14F3NO/c1-13(3-2-4-13)7-17-12(18)8-5-9(14)11(16)10(15)6-8/h5-6H,2-4,7H2,1H3,(H,17,18). The zero-order valence-electron chi connectivity index (χ0n) is 10.0. The summed E-state index contributed by atoms with van der Waals surface area (Å²) < 4.78 is 38.6. The van der Waals surface area contributed by atoms with Crippen molar-refractivity contribution in [3.63, 3.8) is 0 Å². The minimum Gasteiger partial charge on any atom is -0.351 e. The lowest BCUT2D eigenvalue weighted by Gasteiger charge is -2.38. The van der Waals surface area contributed by atoms with E-state index in [-0.39, 0.29) is 11.0 Å². The Morgan fingerprint density at radius 3 is 2.28 bits per heavy atom. The topological polar surface area (TPSA) is 29.1 Å². The second-order valence-electron chi connectivity index (χ2n) is 5.10. The molecule has 0 saturated heterocycles. The van der Waals surface area contributed by atoms with Gasteiger partial charge in [-0.05, 0) is 30.4 Å². The van der Waals surface area contributed by atoms with Gasteiger partial charge in [0.05, 0.1) is 0 Å². The van der Waals surface area contributed by atoms with Crippen molar-refractivity contribution >= 4 is 5.91 Å². The Labute approximate surface area is 103 Å². The molecule has 98 valence electrons. The van der Waals surface area contributed by atoms with Gasteiger partial charge in [-0.3, -0.25) is 4.79 Å². The van der Waals surface area contributed by atoms with Gasteiger partial charge >= 0.3 is 0 Å². The highest BCUT2D eigenvalue weighted by atomic mass is 19.2. The summed E-state index contributed by atoms with van der Waals surface area (Å²) in [5.41, 5.74) is -0.124. The summed E-state index contributed by atoms with van der Waals surface area (Å²) >= 11 is 0. The molecular weight excluding hydrogens is 243 g/mol. The Morgan fingerprint density at radius 1 is 1.28 bits per heavy atom. The number of rotatable bonds is 3. The third-order valence-corrected chi connectivity index (χ3v) is 3.48. The number of benzene rings is 1. The summed E-state index contributed by atoms with van der Waals surface area (Å²) in [6.45, 7) is 2.51. The van der Waals surface area contributed by atoms with E-state index in [9.17, 15) is 18.0 Å². The van der Waals surface area contributed by atoms with Crippen LogP contribution in [-0.2, 0) is 0 Å². The maximum atomic E-state index is 13.0. The van der Waals surface area contributed by atoms with Gasteiger partial charge in [0.2, 0.25) is 0 Å². The monoisotopic (exact) mass is 257 g/mol. The fourth-order valence-electron chi connectivity index (χ4n) is 2.04. The first-order valence-corrected chi connectivity index (χ1v) is 5.84. The van der Waals surface area contributed by atoms with E-state index < -0.39 is 23.4 Å². The van der Waals surface area contributed by atoms with Crippen LogP contribution in [0.25, 0.3) is 0 Å². The van der Waals surface area contributed by atoms with Crippen LogP contribution in [0.1, 0.15) is 36.5 Å². The highest BCUT2D eigenvalue weighted by molar-refractivity contribution is 5.94. The molecule has 1 aliphatic rings. The lowest BCUT2D eigenvalue weighted by molar-refractivity contribution is 0.0889. The van der Waals surface area contributed by atoms with Crippen molar-refractivity contribution in [3.8, 4) is 0 Å². The molecule has 0 heterocycles. The van der Waals surface area contributed by atoms with E-state index in [1.54, 1.807) is 0 Å². The van der Waals surface area contributed by atoms with Gasteiger partial charge in [0, 0.05) is 12.1 Å². The average molecular weight is 257 g/mol. The predicted molar refractivity (Wildman–Crippen MR) is 60.6 cm³/mol. The molecule has 1 aromatic rings. The number of hydrogen-bond acceptors (Lipinski definition) is 1. The molecule has 1 aromatic carbocycles. The molecular formula is C13H14F3NO. The molecule has 2 rings (SSSR count). The summed E-state index contributed by atoms with van der Waals surface area (Å²) in [6, 6.07) is 1.41. The Morgan fingerprint density at radius 2 is 1.83 bits per heavy atom. The van der Waals surface area contributed by atoms with E-state index in [2.05, 4.69) is 5.32 Å². The minimum atomic E-state index is -1.56. The molecule has 1 N–H and O–H groups in total. The summed E-state index contributed by atoms with van der Waals surface area (Å²) in [5, 5.41) is 2.62. The molecule has 0 spiro atoms. The van der Waals surface area contributed by atoms with Crippen LogP contribution < -0.4 is 5.32 Å². The first kappa shape index (κ1) is 12.9. The molecule has 0 atom stereocenters. The van der Waals surface area contributed by atoms with Crippen LogP contribution in [0.15, 0.2) is 12.1 Å². The number of carbonyl (C=O) groups is 1. The molecule has 1 saturated carbocycles. The fraction of sp³-hybridized carbons (Fsp3) is 0.462. The van der Waals surface area contributed by atoms with Gasteiger partial charge in [-0.15, -0.1) is 0 Å². The Hall–Kier alpha value is -1.52. The van der Waals surface area contributed by atoms with Crippen LogP contribution in [-0.4, -0.2) is 12.5 Å². The van der Waals surface area contributed by atoms with Crippen molar-refractivity contribution in [2.75, 3.05) is 6.54 Å². The van der Waals surface area contributed by atoms with Crippen molar-refractivity contribution in [1.29, 1.82) is 0 Å². The number of halogens is 3. The molecule has 5 heteroatoms. The molecule has 0 aromatic heterocycles. The van der Waals surface area contributed by atoms with Gasteiger partial charge < -0.3 is 5.32 Å². The lowest BCUT2D eigenvalue weighted by atomic mass is 9.70. The second-order valence-corrected chi connectivity index (χ2v) is 5.10. The van der Waals surface area contributed by atoms with Crippen molar-refractivity contribution in [2.24, 2.45) is 5.41 Å². The average Bonchev–Trinajstić information content (AvgIpc) is 2.30. The largest absolute Gasteiger partial charge is 0.351 e. The van der Waals surface area contributed by atoms with E-state index in [1.807, 2.05) is 6.92 Å². The van der Waals surface area contributed by atoms with Crippen LogP contribution in [0.5, 0.6) is 0 Å². The third-order valence-electron chi connectivity index (χ3n) is 3.48. The Kier molecular flexibility index (Phi) is 3.32. The maximum absolute atomic E-state index is 13.0. The lowest BCUT2D eigenvalue weighted by Crippen LogP contribution is -2.40. The second kappa shape index (κ2) is 4.63. The highest BCUT2D eigenvalue weighted by Gasteiger charge is 2.32. The Balaban J connectivity index is 2.05. The molecule has 18 heavy (non-hydrogen) atoms. The van der Waals surface area contributed by atoms with Crippen LogP contribution in [0.2, 0.25) is 0 Å². The van der Waals surface area contributed by atoms with Gasteiger partial charge in [-0.2, -0.15) is 0 Å². The Bertz CT molecular complexity index is 460. The molecule has 0 bridgehead atoms. The summed E-state index contributed by atoms with van der Waals surface area (Å²) in [4.78, 5) is 11.7. The third kappa shape index (κ3) is 2.49. The first-order valence-electron chi connectivity index (χ1n) is 5.84. The minimum absolute atomic E-state index is 0.0762. The van der Waals surface area contributed by atoms with Crippen molar-refractivity contribution in [3.05, 3.63) is 35.1 Å². The molecule has 1 aliphatic carbocycles. The zero-order chi connectivity index (χ0) is 13.3. The number of nitrogens with one attached hydrogen (secondary N) is 1. The summed E-state index contributed by atoms with van der Waals surface area (Å²) in [6.07, 6.45) is 3.19. The fourth-order valence-corrected chi connectivity index (χ4v) is 2.04. The molecule has 2 nitrogen and oxygen atoms in total. The van der Waals surface area contributed by atoms with Gasteiger partial charge in [-0.1, -0.05) is 13.3 Å². The van der Waals surface area contributed by atoms with Gasteiger partial charge in [-0.25, -0.2) is 13.2 Å². The molecule has 0 radical (unpaired) electrons. The first-order chi connectivity index (χ1) is 8.41. The van der Waals surface area contributed by atoms with Gasteiger partial charge in [0.15, 0.2) is 17.5 Å². The molecule has 0 unspecified atom stereocenters. The van der Waals surface area contributed by atoms with E-state index in [0.717, 1.165) is 19.3 Å². The van der Waals surface area contributed by atoms with Crippen LogP contribution in [0, 0.1) is 22.9 Å². The van der Waals surface area contributed by atoms with E-state index >= 15 is 0 Å². The molecule has 1 amide bonds. The van der Waals surface area contributed by atoms with Gasteiger partial charge in [0.1, 0.15) is 0 Å². The van der Waals surface area contributed by atoms with E-state index in [4.69, 9.17) is 0 Å². The zero-order valence-corrected chi connectivity index (χ0v) is 10.0. The summed E-state index contributed by atoms with van der Waals surface area (Å²) in [7, 11) is 0. The number of hydrogen-bond donors (Lipinski definition) is 1. The number of carbonyl (C=O) groups excluding carboxylic acids is 1. The quantitative estimate of drug-likeness (QED) is 0.828. The van der Waals surface area contributed by atoms with Crippen LogP contribution in [0.4, 0.5) is 13.2 Å². The SMILES string of the molecule is CC1(CNC(=O)c2cc(F)c(F)c(F)c2)CCC1. The number of amides is 1. The smallest absolute Gasteiger partial charge is 0.251 e. The van der Waals surface area contributed by atoms with Gasteiger partial charge in [0.25, 0.3) is 5.91 Å². The van der Waals surface area contributed by atoms with Crippen molar-refractivity contribution < 1.29 is 18.0 Å². The van der Waals surface area contributed by atoms with E-state index in [1.165, 1.54) is 0 Å². The molecule has 1 fully saturated rings. The summed E-state index contributed by atoms with van der Waals surface area (Å²) in [5.74, 6) is -4.84. The van der Waals surface area contributed by atoms with E-state index in [0.29, 0.717) is 18.7 Å². The van der Waals surface area contributed by atoms with Crippen LogP contribution in [0.3, 0.4) is 0 Å². The van der Waals surface area contributed by atoms with Crippen molar-refractivity contribution in [2.45, 2.75) is 26.2 Å². The maximum Gasteiger partial charge on any atom is 0.251 e. The van der Waals surface area contributed by atoms with Crippen LogP contribution >= 0.6 is 0 Å². The normalized spacial score (nSPS) is 17.1. The predicted octanol–water partition coefficient (Wildman–Crippen LogP) is 3.02. The van der Waals surface area contributed by atoms with Crippen molar-refractivity contribution in [1.82, 2.24) is 5.32 Å².